The summed E-state index contributed by atoms with van der Waals surface area (Å²) in [6.45, 7) is 0. The summed E-state index contributed by atoms with van der Waals surface area (Å²) in [4.78, 5) is 19.6. The van der Waals surface area contributed by atoms with Crippen molar-refractivity contribution in [1.29, 1.82) is 0 Å². The van der Waals surface area contributed by atoms with Gasteiger partial charge >= 0.3 is 0 Å². The zero-order valence-electron chi connectivity index (χ0n) is 13.3. The van der Waals surface area contributed by atoms with Gasteiger partial charge in [-0.05, 0) is 23.9 Å². The lowest BCUT2D eigenvalue weighted by atomic mass is 10.2. The van der Waals surface area contributed by atoms with Crippen molar-refractivity contribution in [1.82, 2.24) is 24.7 Å². The highest BCUT2D eigenvalue weighted by Gasteiger charge is 2.17. The minimum atomic E-state index is -0.364. The van der Waals surface area contributed by atoms with Crippen LogP contribution >= 0.6 is 11.8 Å². The highest BCUT2D eigenvalue weighted by Crippen LogP contribution is 2.34. The molecule has 126 valence electrons. The number of hydrogen-bond donors (Lipinski definition) is 1. The first-order valence-corrected chi connectivity index (χ1v) is 8.42. The van der Waals surface area contributed by atoms with Gasteiger partial charge in [-0.3, -0.25) is 4.79 Å². The van der Waals surface area contributed by atoms with Gasteiger partial charge in [0.05, 0.1) is 0 Å². The zero-order chi connectivity index (χ0) is 17.4. The number of para-hydroxylation sites is 1. The molecule has 0 bridgehead atoms. The van der Waals surface area contributed by atoms with Crippen LogP contribution in [-0.4, -0.2) is 30.6 Å². The minimum Gasteiger partial charge on any atom is -0.451 e. The third-order valence-corrected chi connectivity index (χ3v) is 4.86. The molecule has 0 saturated heterocycles. The van der Waals surface area contributed by atoms with Gasteiger partial charge in [0.25, 0.3) is 0 Å². The van der Waals surface area contributed by atoms with E-state index in [9.17, 15) is 4.79 Å². The number of nitrogens with two attached hydrogens (primary N) is 1. The molecule has 0 fully saturated rings. The van der Waals surface area contributed by atoms with Gasteiger partial charge in [-0.25, -0.2) is 9.97 Å². The molecule has 3 aromatic heterocycles. The second kappa shape index (κ2) is 6.17. The van der Waals surface area contributed by atoms with Crippen LogP contribution in [0.5, 0.6) is 0 Å². The number of carbonyl (C=O) groups excluding carboxylic acids is 1. The van der Waals surface area contributed by atoms with E-state index in [1.165, 1.54) is 18.1 Å². The number of nitrogens with zero attached hydrogens (tertiary/aromatic N) is 5. The fourth-order valence-corrected chi connectivity index (χ4v) is 3.38. The van der Waals surface area contributed by atoms with Gasteiger partial charge in [0.15, 0.2) is 15.8 Å². The Hall–Kier alpha value is -2.94. The van der Waals surface area contributed by atoms with Crippen LogP contribution in [-0.2, 0) is 18.3 Å². The van der Waals surface area contributed by atoms with Gasteiger partial charge < -0.3 is 14.7 Å². The molecule has 0 aliphatic heterocycles. The Bertz CT molecular complexity index is 1090. The van der Waals surface area contributed by atoms with Crippen molar-refractivity contribution in [3.05, 3.63) is 36.4 Å². The first-order chi connectivity index (χ1) is 12.1. The number of aryl methyl sites for hydroxylation is 1. The van der Waals surface area contributed by atoms with Gasteiger partial charge in [-0.15, -0.1) is 10.2 Å². The van der Waals surface area contributed by atoms with E-state index in [1.807, 2.05) is 35.9 Å². The number of amides is 1. The van der Waals surface area contributed by atoms with E-state index in [4.69, 9.17) is 10.2 Å². The predicted octanol–water partition coefficient (Wildman–Crippen LogP) is 2.07. The quantitative estimate of drug-likeness (QED) is 0.546. The molecule has 1 aromatic carbocycles. The van der Waals surface area contributed by atoms with Crippen LogP contribution in [0.25, 0.3) is 22.1 Å². The molecule has 8 nitrogen and oxygen atoms in total. The van der Waals surface area contributed by atoms with Crippen molar-refractivity contribution in [3.63, 3.8) is 0 Å². The second-order valence-electron chi connectivity index (χ2n) is 5.48. The number of aromatic nitrogens is 5. The summed E-state index contributed by atoms with van der Waals surface area (Å²) < 4.78 is 7.74. The first-order valence-electron chi connectivity index (χ1n) is 7.60. The zero-order valence-corrected chi connectivity index (χ0v) is 14.2. The molecule has 0 aliphatic rings. The van der Waals surface area contributed by atoms with Crippen molar-refractivity contribution in [2.75, 3.05) is 0 Å². The Morgan fingerprint density at radius 3 is 2.96 bits per heavy atom. The van der Waals surface area contributed by atoms with Crippen molar-refractivity contribution in [2.24, 2.45) is 12.8 Å². The lowest BCUT2D eigenvalue weighted by molar-refractivity contribution is -0.118. The molecule has 4 rings (SSSR count). The monoisotopic (exact) mass is 354 g/mol. The highest BCUT2D eigenvalue weighted by molar-refractivity contribution is 7.99. The smallest absolute Gasteiger partial charge is 0.217 e. The Kier molecular flexibility index (Phi) is 3.85. The second-order valence-corrected chi connectivity index (χ2v) is 6.44. The number of benzene rings is 1. The lowest BCUT2D eigenvalue weighted by Gasteiger charge is -2.02. The lowest BCUT2D eigenvalue weighted by Crippen LogP contribution is -2.12. The van der Waals surface area contributed by atoms with Crippen LogP contribution in [0.2, 0.25) is 0 Å². The Morgan fingerprint density at radius 1 is 1.28 bits per heavy atom. The van der Waals surface area contributed by atoms with Gasteiger partial charge in [0.2, 0.25) is 5.91 Å². The number of primary amides is 1. The van der Waals surface area contributed by atoms with Gasteiger partial charge in [-0.2, -0.15) is 0 Å². The summed E-state index contributed by atoms with van der Waals surface area (Å²) in [5.74, 6) is 0.327. The number of furan rings is 1. The molecular formula is C16H14N6O2S. The summed E-state index contributed by atoms with van der Waals surface area (Å²) in [6.07, 6.45) is 2.19. The molecule has 25 heavy (non-hydrogen) atoms. The van der Waals surface area contributed by atoms with Crippen LogP contribution in [0, 0.1) is 0 Å². The van der Waals surface area contributed by atoms with Crippen LogP contribution in [0.15, 0.2) is 45.2 Å². The van der Waals surface area contributed by atoms with Crippen LogP contribution < -0.4 is 5.73 Å². The molecule has 0 radical (unpaired) electrons. The molecule has 0 spiro atoms. The molecule has 0 aliphatic carbocycles. The van der Waals surface area contributed by atoms with Crippen LogP contribution in [0.4, 0.5) is 0 Å². The average Bonchev–Trinajstić information content (AvgIpc) is 3.15. The fourth-order valence-electron chi connectivity index (χ4n) is 2.55. The number of rotatable bonds is 5. The third kappa shape index (κ3) is 2.82. The summed E-state index contributed by atoms with van der Waals surface area (Å²) in [5, 5.41) is 10.6. The number of hydrogen-bond acceptors (Lipinski definition) is 7. The summed E-state index contributed by atoms with van der Waals surface area (Å²) >= 11 is 1.34. The average molecular weight is 354 g/mol. The molecule has 0 atom stereocenters. The third-order valence-electron chi connectivity index (χ3n) is 3.83. The van der Waals surface area contributed by atoms with Crippen molar-refractivity contribution < 1.29 is 9.21 Å². The van der Waals surface area contributed by atoms with E-state index in [2.05, 4.69) is 20.2 Å². The van der Waals surface area contributed by atoms with E-state index >= 15 is 0 Å². The summed E-state index contributed by atoms with van der Waals surface area (Å²) in [6, 6.07) is 7.72. The molecule has 9 heteroatoms. The molecule has 3 heterocycles. The maximum atomic E-state index is 10.9. The van der Waals surface area contributed by atoms with E-state index in [-0.39, 0.29) is 12.3 Å². The maximum absolute atomic E-state index is 10.9. The molecule has 2 N–H and O–H groups in total. The van der Waals surface area contributed by atoms with Crippen molar-refractivity contribution in [2.45, 2.75) is 23.0 Å². The van der Waals surface area contributed by atoms with E-state index < -0.39 is 0 Å². The molecule has 4 aromatic rings. The van der Waals surface area contributed by atoms with Crippen LogP contribution in [0.1, 0.15) is 12.2 Å². The Balaban J connectivity index is 1.70. The first kappa shape index (κ1) is 15.6. The SMILES string of the molecule is Cn1c(CCC(N)=O)nnc1Sc1ncnc2c1oc1ccccc12. The van der Waals surface area contributed by atoms with Gasteiger partial charge in [0, 0.05) is 25.3 Å². The standard InChI is InChI=1S/C16H14N6O2S/c1-22-12(7-6-11(17)23)20-21-16(22)25-15-14-13(18-8-19-15)9-4-2-3-5-10(9)24-14/h2-5,8H,6-7H2,1H3,(H2,17,23). The van der Waals surface area contributed by atoms with E-state index in [0.717, 1.165) is 16.5 Å². The molecule has 1 amide bonds. The summed E-state index contributed by atoms with van der Waals surface area (Å²) in [7, 11) is 1.84. The largest absolute Gasteiger partial charge is 0.451 e. The highest BCUT2D eigenvalue weighted by atomic mass is 32.2. The van der Waals surface area contributed by atoms with Gasteiger partial charge in [0.1, 0.15) is 23.3 Å². The molecular weight excluding hydrogens is 340 g/mol. The Morgan fingerprint density at radius 2 is 2.12 bits per heavy atom. The maximum Gasteiger partial charge on any atom is 0.217 e. The van der Waals surface area contributed by atoms with Crippen molar-refractivity contribution >= 4 is 39.7 Å². The molecule has 0 saturated carbocycles. The summed E-state index contributed by atoms with van der Waals surface area (Å²) in [5.41, 5.74) is 7.34. The van der Waals surface area contributed by atoms with Crippen molar-refractivity contribution in [3.8, 4) is 0 Å². The number of fused-ring (bicyclic) bond motifs is 3. The Labute approximate surface area is 146 Å². The normalized spacial score (nSPS) is 11.4. The van der Waals surface area contributed by atoms with Crippen LogP contribution in [0.3, 0.4) is 0 Å². The van der Waals surface area contributed by atoms with E-state index in [1.54, 1.807) is 0 Å². The van der Waals surface area contributed by atoms with Gasteiger partial charge in [-0.1, -0.05) is 12.1 Å². The predicted molar refractivity (Wildman–Crippen MR) is 92.0 cm³/mol. The number of carbonyl (C=O) groups is 1. The molecule has 0 unspecified atom stereocenters. The minimum absolute atomic E-state index is 0.234. The topological polar surface area (TPSA) is 113 Å². The fraction of sp³-hybridized carbons (Fsp3) is 0.188. The van der Waals surface area contributed by atoms with E-state index in [0.29, 0.717) is 28.0 Å².